The first-order chi connectivity index (χ1) is 15.6. The summed E-state index contributed by atoms with van der Waals surface area (Å²) >= 11 is 5.33. The van der Waals surface area contributed by atoms with Gasteiger partial charge in [-0.05, 0) is 78.1 Å². The molecule has 0 spiro atoms. The Morgan fingerprint density at radius 3 is 2.21 bits per heavy atom. The van der Waals surface area contributed by atoms with Gasteiger partial charge in [0.15, 0.2) is 5.11 Å². The molecule has 0 radical (unpaired) electrons. The first-order valence-electron chi connectivity index (χ1n) is 12.1. The highest BCUT2D eigenvalue weighted by atomic mass is 32.1. The average Bonchev–Trinajstić information content (AvgIpc) is 2.80. The second kappa shape index (κ2) is 12.4. The fraction of sp³-hybridized carbons (Fsp3) is 0.536. The van der Waals surface area contributed by atoms with Crippen LogP contribution in [0.4, 0.5) is 4.39 Å². The zero-order valence-corrected chi connectivity index (χ0v) is 22.0. The molecular weight excluding hydrogens is 431 g/mol. The lowest BCUT2D eigenvalue weighted by Gasteiger charge is -2.30. The van der Waals surface area contributed by atoms with Gasteiger partial charge in [0.2, 0.25) is 0 Å². The second-order valence-corrected chi connectivity index (χ2v) is 10.4. The Labute approximate surface area is 205 Å². The van der Waals surface area contributed by atoms with E-state index in [1.165, 1.54) is 23.3 Å². The summed E-state index contributed by atoms with van der Waals surface area (Å²) in [7, 11) is 0. The van der Waals surface area contributed by atoms with Crippen LogP contribution in [-0.2, 0) is 17.4 Å². The van der Waals surface area contributed by atoms with Gasteiger partial charge in [-0.1, -0.05) is 65.8 Å². The summed E-state index contributed by atoms with van der Waals surface area (Å²) < 4.78 is 19.2. The number of nitrogens with one attached hydrogen (secondary N) is 2. The van der Waals surface area contributed by atoms with Gasteiger partial charge in [-0.15, -0.1) is 0 Å². The fourth-order valence-electron chi connectivity index (χ4n) is 3.46. The Bertz CT molecular complexity index is 893. The van der Waals surface area contributed by atoms with E-state index in [1.54, 1.807) is 12.1 Å². The van der Waals surface area contributed by atoms with E-state index in [0.29, 0.717) is 18.3 Å². The third kappa shape index (κ3) is 8.29. The zero-order valence-electron chi connectivity index (χ0n) is 21.2. The number of ether oxygens (including phenoxy) is 1. The first-order valence-corrected chi connectivity index (χ1v) is 12.5. The molecule has 0 amide bonds. The lowest BCUT2D eigenvalue weighted by molar-refractivity contribution is 0.296. The third-order valence-electron chi connectivity index (χ3n) is 6.74. The SMILES string of the molecule is CCC(C)(C)c1ccc(OCCCCNC(=S)NCc2ccc(F)cc2)c(C(C)(C)CC)c1. The number of hydrogen-bond donors (Lipinski definition) is 2. The summed E-state index contributed by atoms with van der Waals surface area (Å²) in [6.45, 7) is 15.7. The Morgan fingerprint density at radius 2 is 1.58 bits per heavy atom. The van der Waals surface area contributed by atoms with Gasteiger partial charge >= 0.3 is 0 Å². The molecule has 0 unspecified atom stereocenters. The molecular formula is C28H41FN2OS. The van der Waals surface area contributed by atoms with E-state index in [-0.39, 0.29) is 16.6 Å². The van der Waals surface area contributed by atoms with Crippen LogP contribution in [0.5, 0.6) is 5.75 Å². The van der Waals surface area contributed by atoms with Gasteiger partial charge in [0.1, 0.15) is 11.6 Å². The van der Waals surface area contributed by atoms with E-state index in [2.05, 4.69) is 70.4 Å². The molecule has 2 aromatic rings. The molecule has 0 heterocycles. The maximum Gasteiger partial charge on any atom is 0.166 e. The van der Waals surface area contributed by atoms with Crippen molar-refractivity contribution in [2.45, 2.75) is 84.6 Å². The fourth-order valence-corrected chi connectivity index (χ4v) is 3.63. The zero-order chi connectivity index (χ0) is 24.5. The van der Waals surface area contributed by atoms with Crippen LogP contribution in [-0.4, -0.2) is 18.3 Å². The molecule has 182 valence electrons. The monoisotopic (exact) mass is 472 g/mol. The lowest BCUT2D eigenvalue weighted by Crippen LogP contribution is -2.35. The van der Waals surface area contributed by atoms with Gasteiger partial charge in [0.05, 0.1) is 6.61 Å². The molecule has 0 aliphatic rings. The topological polar surface area (TPSA) is 33.3 Å². The first kappa shape index (κ1) is 27.1. The van der Waals surface area contributed by atoms with Gasteiger partial charge < -0.3 is 15.4 Å². The van der Waals surface area contributed by atoms with Crippen LogP contribution < -0.4 is 15.4 Å². The number of hydrogen-bond acceptors (Lipinski definition) is 2. The Morgan fingerprint density at radius 1 is 0.909 bits per heavy atom. The van der Waals surface area contributed by atoms with Crippen molar-refractivity contribution in [1.29, 1.82) is 0 Å². The molecule has 2 aromatic carbocycles. The van der Waals surface area contributed by atoms with Crippen LogP contribution in [0, 0.1) is 5.82 Å². The van der Waals surface area contributed by atoms with Crippen LogP contribution in [0.2, 0.25) is 0 Å². The van der Waals surface area contributed by atoms with Crippen molar-refractivity contribution in [1.82, 2.24) is 10.6 Å². The second-order valence-electron chi connectivity index (χ2n) is 9.98. The Balaban J connectivity index is 1.80. The minimum absolute atomic E-state index is 0.0686. The molecule has 0 bridgehead atoms. The van der Waals surface area contributed by atoms with E-state index in [1.807, 2.05) is 0 Å². The number of thiocarbonyl (C=S) groups is 1. The van der Waals surface area contributed by atoms with Crippen molar-refractivity contribution in [3.05, 3.63) is 65.0 Å². The number of unbranched alkanes of at least 4 members (excludes halogenated alkanes) is 1. The van der Waals surface area contributed by atoms with Crippen LogP contribution in [0.25, 0.3) is 0 Å². The number of halogens is 1. The molecule has 0 aromatic heterocycles. The third-order valence-corrected chi connectivity index (χ3v) is 7.03. The molecule has 33 heavy (non-hydrogen) atoms. The summed E-state index contributed by atoms with van der Waals surface area (Å²) in [6.07, 6.45) is 4.08. The Kier molecular flexibility index (Phi) is 10.2. The summed E-state index contributed by atoms with van der Waals surface area (Å²) in [4.78, 5) is 0. The largest absolute Gasteiger partial charge is 0.493 e. The van der Waals surface area contributed by atoms with Crippen LogP contribution in [0.1, 0.15) is 83.9 Å². The number of benzene rings is 2. The Hall–Kier alpha value is -2.14. The predicted molar refractivity (Wildman–Crippen MR) is 142 cm³/mol. The summed E-state index contributed by atoms with van der Waals surface area (Å²) in [5, 5.41) is 7.00. The van der Waals surface area contributed by atoms with Gasteiger partial charge in [-0.2, -0.15) is 0 Å². The molecule has 0 atom stereocenters. The maximum atomic E-state index is 13.0. The number of rotatable bonds is 12. The summed E-state index contributed by atoms with van der Waals surface area (Å²) in [6, 6.07) is 13.2. The highest BCUT2D eigenvalue weighted by Crippen LogP contribution is 2.38. The van der Waals surface area contributed by atoms with Gasteiger partial charge in [-0.3, -0.25) is 0 Å². The van der Waals surface area contributed by atoms with Crippen molar-refractivity contribution >= 4 is 17.3 Å². The summed E-state index contributed by atoms with van der Waals surface area (Å²) in [5.74, 6) is 0.773. The van der Waals surface area contributed by atoms with Gasteiger partial charge in [-0.25, -0.2) is 4.39 Å². The molecule has 5 heteroatoms. The van der Waals surface area contributed by atoms with Crippen LogP contribution in [0.15, 0.2) is 42.5 Å². The molecule has 0 aliphatic carbocycles. The molecule has 0 aliphatic heterocycles. The minimum Gasteiger partial charge on any atom is -0.493 e. The normalized spacial score (nSPS) is 11.8. The van der Waals surface area contributed by atoms with Gasteiger partial charge in [0, 0.05) is 18.7 Å². The van der Waals surface area contributed by atoms with Crippen LogP contribution >= 0.6 is 12.2 Å². The van der Waals surface area contributed by atoms with Crippen molar-refractivity contribution in [3.63, 3.8) is 0 Å². The molecule has 2 rings (SSSR count). The van der Waals surface area contributed by atoms with E-state index < -0.39 is 0 Å². The maximum absolute atomic E-state index is 13.0. The highest BCUT2D eigenvalue weighted by molar-refractivity contribution is 7.80. The lowest BCUT2D eigenvalue weighted by atomic mass is 9.76. The highest BCUT2D eigenvalue weighted by Gasteiger charge is 2.26. The molecule has 2 N–H and O–H groups in total. The van der Waals surface area contributed by atoms with E-state index in [9.17, 15) is 4.39 Å². The van der Waals surface area contributed by atoms with E-state index in [0.717, 1.165) is 43.5 Å². The standard InChI is InChI=1S/C28H41FN2OS/c1-7-27(3,4)22-13-16-25(24(19-22)28(5,6)8-2)32-18-10-9-17-30-26(33)31-20-21-11-14-23(29)15-12-21/h11-16,19H,7-10,17-18,20H2,1-6H3,(H2,30,31,33). The molecule has 0 saturated carbocycles. The minimum atomic E-state index is -0.229. The quantitative estimate of drug-likeness (QED) is 0.257. The average molecular weight is 473 g/mol. The van der Waals surface area contributed by atoms with E-state index >= 15 is 0 Å². The van der Waals surface area contributed by atoms with Crippen molar-refractivity contribution in [2.75, 3.05) is 13.2 Å². The van der Waals surface area contributed by atoms with Crippen LogP contribution in [0.3, 0.4) is 0 Å². The van der Waals surface area contributed by atoms with Crippen molar-refractivity contribution in [3.8, 4) is 5.75 Å². The molecule has 3 nitrogen and oxygen atoms in total. The van der Waals surface area contributed by atoms with Crippen molar-refractivity contribution in [2.24, 2.45) is 0 Å². The molecule has 0 fully saturated rings. The van der Waals surface area contributed by atoms with Crippen molar-refractivity contribution < 1.29 is 9.13 Å². The summed E-state index contributed by atoms with van der Waals surface area (Å²) in [5.41, 5.74) is 3.89. The smallest absolute Gasteiger partial charge is 0.166 e. The van der Waals surface area contributed by atoms with Gasteiger partial charge in [0.25, 0.3) is 0 Å². The predicted octanol–water partition coefficient (Wildman–Crippen LogP) is 7.02. The molecule has 0 saturated heterocycles. The van der Waals surface area contributed by atoms with E-state index in [4.69, 9.17) is 17.0 Å².